The average molecular weight is 567 g/mol. The molecule has 0 radical (unpaired) electrons. The topological polar surface area (TPSA) is 221 Å². The summed E-state index contributed by atoms with van der Waals surface area (Å²) < 4.78 is 4.95. The van der Waals surface area contributed by atoms with Gasteiger partial charge in [0.1, 0.15) is 18.7 Å². The average Bonchev–Trinajstić information content (AvgIpc) is 2.88. The van der Waals surface area contributed by atoms with Crippen molar-refractivity contribution < 1.29 is 38.9 Å². The van der Waals surface area contributed by atoms with Crippen molar-refractivity contribution in [3.8, 4) is 0 Å². The molecule has 1 aromatic rings. The number of aliphatic hydroxyl groups is 2. The van der Waals surface area contributed by atoms with Crippen LogP contribution in [0.15, 0.2) is 24.3 Å². The minimum Gasteiger partial charge on any atom is -0.461 e. The fourth-order valence-corrected chi connectivity index (χ4v) is 3.66. The predicted molar refractivity (Wildman–Crippen MR) is 146 cm³/mol. The minimum atomic E-state index is -1.57. The number of anilines is 1. The van der Waals surface area contributed by atoms with Crippen LogP contribution >= 0.6 is 0 Å². The Morgan fingerprint density at radius 2 is 1.55 bits per heavy atom. The zero-order valence-corrected chi connectivity index (χ0v) is 23.4. The maximum absolute atomic E-state index is 13.2. The normalized spacial score (nSPS) is 13.2. The highest BCUT2D eigenvalue weighted by molar-refractivity contribution is 5.98. The second kappa shape index (κ2) is 17.8. The first kappa shape index (κ1) is 34.3. The van der Waals surface area contributed by atoms with Crippen LogP contribution in [0.25, 0.3) is 0 Å². The number of ether oxygens (including phenoxy) is 1. The van der Waals surface area contributed by atoms with Crippen molar-refractivity contribution in [2.45, 2.75) is 77.5 Å². The Morgan fingerprint density at radius 1 is 0.900 bits per heavy atom. The molecule has 0 fully saturated rings. The standard InChI is InChI=1S/C26H42N6O8/c1-15(2)22(32-23(36)19(28-4)11-12-21(34)35)25(38)31-20(6-5-13-29-26(27)39)24(37)30-18-9-7-17(8-10-18)14-40-16(3)33/h7-10,15,19-22,28,34-35H,5-6,11-14H2,1-4H3,(H,30,37)(H,31,38)(H,32,36)(H3,27,29,39)/t19-,20+,22-/m1/s1. The zero-order valence-electron chi connectivity index (χ0n) is 23.4. The first-order chi connectivity index (χ1) is 18.8. The molecule has 1 rings (SSSR count). The molecule has 0 unspecified atom stereocenters. The van der Waals surface area contributed by atoms with Gasteiger partial charge in [-0.3, -0.25) is 19.2 Å². The second-order valence-electron chi connectivity index (χ2n) is 9.59. The van der Waals surface area contributed by atoms with Crippen LogP contribution in [-0.4, -0.2) is 77.9 Å². The fourth-order valence-electron chi connectivity index (χ4n) is 3.66. The predicted octanol–water partition coefficient (Wildman–Crippen LogP) is -0.559. The van der Waals surface area contributed by atoms with E-state index >= 15 is 0 Å². The Labute approximate surface area is 233 Å². The largest absolute Gasteiger partial charge is 0.461 e. The third-order valence-corrected chi connectivity index (χ3v) is 5.89. The lowest BCUT2D eigenvalue weighted by atomic mass is 10.0. The molecule has 1 aromatic carbocycles. The van der Waals surface area contributed by atoms with E-state index in [0.717, 1.165) is 5.56 Å². The van der Waals surface area contributed by atoms with Crippen LogP contribution in [0.1, 0.15) is 52.0 Å². The Morgan fingerprint density at radius 3 is 2.08 bits per heavy atom. The number of esters is 1. The van der Waals surface area contributed by atoms with Crippen molar-refractivity contribution in [3.05, 3.63) is 29.8 Å². The van der Waals surface area contributed by atoms with Crippen molar-refractivity contribution in [2.24, 2.45) is 11.7 Å². The van der Waals surface area contributed by atoms with Crippen LogP contribution in [0.2, 0.25) is 0 Å². The number of amides is 5. The Bertz CT molecular complexity index is 986. The number of benzene rings is 1. The molecular formula is C26H42N6O8. The molecule has 5 amide bonds. The maximum Gasteiger partial charge on any atom is 0.312 e. The van der Waals surface area contributed by atoms with Crippen LogP contribution in [-0.2, 0) is 30.5 Å². The summed E-state index contributed by atoms with van der Waals surface area (Å²) in [6.07, 6.45) is -0.990. The van der Waals surface area contributed by atoms with E-state index in [9.17, 15) is 24.0 Å². The molecule has 0 aromatic heterocycles. The maximum atomic E-state index is 13.2. The number of nitrogens with one attached hydrogen (secondary N) is 5. The second-order valence-corrected chi connectivity index (χ2v) is 9.59. The quantitative estimate of drug-likeness (QED) is 0.0687. The highest BCUT2D eigenvalue weighted by Gasteiger charge is 2.30. The summed E-state index contributed by atoms with van der Waals surface area (Å²) in [5.41, 5.74) is 6.26. The smallest absolute Gasteiger partial charge is 0.312 e. The number of hydrogen-bond acceptors (Lipinski definition) is 9. The molecule has 0 bridgehead atoms. The van der Waals surface area contributed by atoms with Gasteiger partial charge in [-0.25, -0.2) is 4.79 Å². The summed E-state index contributed by atoms with van der Waals surface area (Å²) in [7, 11) is 1.54. The van der Waals surface area contributed by atoms with Gasteiger partial charge >= 0.3 is 12.0 Å². The van der Waals surface area contributed by atoms with Crippen molar-refractivity contribution in [3.63, 3.8) is 0 Å². The third kappa shape index (κ3) is 13.4. The summed E-state index contributed by atoms with van der Waals surface area (Å²) in [4.78, 5) is 61.2. The highest BCUT2D eigenvalue weighted by Crippen LogP contribution is 2.13. The number of carbonyl (C=O) groups excluding carboxylic acids is 5. The molecule has 0 saturated carbocycles. The van der Waals surface area contributed by atoms with Crippen molar-refractivity contribution in [1.29, 1.82) is 0 Å². The van der Waals surface area contributed by atoms with Crippen LogP contribution in [0.3, 0.4) is 0 Å². The molecule has 14 heteroatoms. The number of rotatable bonds is 17. The van der Waals surface area contributed by atoms with Gasteiger partial charge in [-0.05, 0) is 56.3 Å². The number of primary amides is 1. The molecule has 9 N–H and O–H groups in total. The molecule has 0 heterocycles. The third-order valence-electron chi connectivity index (χ3n) is 5.89. The van der Waals surface area contributed by atoms with Gasteiger partial charge in [0.05, 0.1) is 6.04 Å². The van der Waals surface area contributed by atoms with E-state index in [0.29, 0.717) is 12.1 Å². The zero-order chi connectivity index (χ0) is 30.2. The summed E-state index contributed by atoms with van der Waals surface area (Å²) in [6.45, 7) is 5.05. The van der Waals surface area contributed by atoms with E-state index in [1.165, 1.54) is 6.92 Å². The molecule has 224 valence electrons. The summed E-state index contributed by atoms with van der Waals surface area (Å²) in [5, 5.41) is 31.6. The van der Waals surface area contributed by atoms with Crippen LogP contribution in [0, 0.1) is 5.92 Å². The molecule has 0 saturated heterocycles. The monoisotopic (exact) mass is 566 g/mol. The molecule has 3 atom stereocenters. The van der Waals surface area contributed by atoms with Gasteiger partial charge in [0.2, 0.25) is 17.7 Å². The van der Waals surface area contributed by atoms with Crippen LogP contribution < -0.4 is 32.3 Å². The number of aliphatic hydroxyl groups excluding tert-OH is 1. The van der Waals surface area contributed by atoms with Gasteiger partial charge in [-0.1, -0.05) is 26.0 Å². The van der Waals surface area contributed by atoms with Gasteiger partial charge in [0, 0.05) is 19.2 Å². The van der Waals surface area contributed by atoms with Gasteiger partial charge in [0.25, 0.3) is 0 Å². The van der Waals surface area contributed by atoms with Crippen molar-refractivity contribution >= 4 is 35.4 Å². The number of urea groups is 1. The lowest BCUT2D eigenvalue weighted by molar-refractivity contribution is -0.142. The molecule has 0 spiro atoms. The molecule has 0 aliphatic rings. The Hall–Kier alpha value is -3.75. The molecule has 0 aliphatic heterocycles. The van der Waals surface area contributed by atoms with E-state index in [2.05, 4.69) is 26.6 Å². The summed E-state index contributed by atoms with van der Waals surface area (Å²) in [5.74, 6) is -2.35. The first-order valence-electron chi connectivity index (χ1n) is 13.0. The molecular weight excluding hydrogens is 524 g/mol. The number of carbonyl (C=O) groups is 5. The van der Waals surface area contributed by atoms with E-state index < -0.39 is 54.1 Å². The molecule has 14 nitrogen and oxygen atoms in total. The Kier molecular flexibility index (Phi) is 15.2. The fraction of sp³-hybridized carbons (Fsp3) is 0.577. The highest BCUT2D eigenvalue weighted by atomic mass is 16.5. The minimum absolute atomic E-state index is 0.0379. The van der Waals surface area contributed by atoms with E-state index in [-0.39, 0.29) is 38.3 Å². The van der Waals surface area contributed by atoms with Crippen molar-refractivity contribution in [2.75, 3.05) is 18.9 Å². The Balaban J connectivity index is 2.96. The van der Waals surface area contributed by atoms with Gasteiger partial charge < -0.3 is 47.3 Å². The SMILES string of the molecule is CN[C@H](CCC(O)O)C(=O)N[C@@H](C(=O)N[C@@H](CCCNC(N)=O)C(=O)Nc1ccc(COC(C)=O)cc1)C(C)C. The van der Waals surface area contributed by atoms with E-state index in [1.807, 2.05) is 0 Å². The summed E-state index contributed by atoms with van der Waals surface area (Å²) in [6, 6.07) is 3.15. The first-order valence-corrected chi connectivity index (χ1v) is 13.0. The number of hydrogen-bond donors (Lipinski definition) is 8. The van der Waals surface area contributed by atoms with Gasteiger partial charge in [-0.15, -0.1) is 0 Å². The van der Waals surface area contributed by atoms with Crippen LogP contribution in [0.5, 0.6) is 0 Å². The lowest BCUT2D eigenvalue weighted by Crippen LogP contribution is -2.57. The van der Waals surface area contributed by atoms with Gasteiger partial charge in [0.15, 0.2) is 6.29 Å². The van der Waals surface area contributed by atoms with E-state index in [1.54, 1.807) is 45.2 Å². The molecule has 40 heavy (non-hydrogen) atoms. The van der Waals surface area contributed by atoms with Crippen LogP contribution in [0.4, 0.5) is 10.5 Å². The molecule has 0 aliphatic carbocycles. The van der Waals surface area contributed by atoms with Gasteiger partial charge in [-0.2, -0.15) is 0 Å². The summed E-state index contributed by atoms with van der Waals surface area (Å²) >= 11 is 0. The number of likely N-dealkylation sites (N-methyl/N-ethyl adjacent to an activating group) is 1. The van der Waals surface area contributed by atoms with E-state index in [4.69, 9.17) is 20.7 Å². The van der Waals surface area contributed by atoms with Crippen molar-refractivity contribution in [1.82, 2.24) is 21.3 Å². The lowest BCUT2D eigenvalue weighted by Gasteiger charge is -2.27. The number of nitrogens with two attached hydrogens (primary N) is 1.